The van der Waals surface area contributed by atoms with Gasteiger partial charge in [-0.1, -0.05) is 60.3 Å². The maximum atomic E-state index is 14.0. The van der Waals surface area contributed by atoms with Crippen molar-refractivity contribution in [2.75, 3.05) is 5.32 Å². The Kier molecular flexibility index (Phi) is 7.04. The lowest BCUT2D eigenvalue weighted by molar-refractivity contribution is -0.115. The summed E-state index contributed by atoms with van der Waals surface area (Å²) in [4.78, 5) is 12.8. The van der Waals surface area contributed by atoms with Gasteiger partial charge < -0.3 is 10.1 Å². The Morgan fingerprint density at radius 3 is 2.48 bits per heavy atom. The molecule has 0 radical (unpaired) electrons. The van der Waals surface area contributed by atoms with Gasteiger partial charge in [0.15, 0.2) is 22.5 Å². The predicted molar refractivity (Wildman–Crippen MR) is 127 cm³/mol. The zero-order valence-corrected chi connectivity index (χ0v) is 19.1. The fraction of sp³-hybridized carbons (Fsp3) is 0.160. The molecule has 0 aliphatic heterocycles. The third-order valence-corrected chi connectivity index (χ3v) is 6.01. The van der Waals surface area contributed by atoms with E-state index in [1.165, 1.54) is 17.8 Å². The highest BCUT2D eigenvalue weighted by molar-refractivity contribution is 8.00. The van der Waals surface area contributed by atoms with Crippen LogP contribution in [-0.4, -0.2) is 25.9 Å². The number of benzene rings is 3. The minimum Gasteiger partial charge on any atom is -0.483 e. The summed E-state index contributed by atoms with van der Waals surface area (Å²) < 4.78 is 21.5. The summed E-state index contributed by atoms with van der Waals surface area (Å²) >= 11 is 1.29. The number of nitrogens with zero attached hydrogens (tertiary/aromatic N) is 3. The first kappa shape index (κ1) is 22.5. The monoisotopic (exact) mass is 462 g/mol. The summed E-state index contributed by atoms with van der Waals surface area (Å²) in [6, 6.07) is 23.4. The van der Waals surface area contributed by atoms with Crippen LogP contribution in [0.5, 0.6) is 5.75 Å². The quantitative estimate of drug-likeness (QED) is 0.355. The first-order valence-electron chi connectivity index (χ1n) is 10.4. The molecule has 0 aliphatic rings. The highest BCUT2D eigenvalue weighted by Crippen LogP contribution is 2.28. The number of aromatic nitrogens is 3. The molecule has 0 spiro atoms. The molecule has 1 N–H and O–H groups in total. The van der Waals surface area contributed by atoms with Gasteiger partial charge in [0.05, 0.1) is 5.25 Å². The number of amides is 1. The maximum absolute atomic E-state index is 14.0. The van der Waals surface area contributed by atoms with E-state index in [-0.39, 0.29) is 18.3 Å². The molecule has 3 aromatic carbocycles. The van der Waals surface area contributed by atoms with E-state index in [4.69, 9.17) is 4.74 Å². The minimum atomic E-state index is -0.445. The van der Waals surface area contributed by atoms with Gasteiger partial charge in [0, 0.05) is 11.4 Å². The molecule has 0 aliphatic carbocycles. The van der Waals surface area contributed by atoms with E-state index in [2.05, 4.69) is 15.5 Å². The molecule has 1 amide bonds. The topological polar surface area (TPSA) is 69.0 Å². The lowest BCUT2D eigenvalue weighted by Gasteiger charge is -2.15. The van der Waals surface area contributed by atoms with Crippen LogP contribution in [0.2, 0.25) is 0 Å². The number of thioether (sulfide) groups is 1. The van der Waals surface area contributed by atoms with Crippen molar-refractivity contribution in [3.8, 4) is 11.4 Å². The summed E-state index contributed by atoms with van der Waals surface area (Å²) in [5.41, 5.74) is 2.59. The molecule has 1 aromatic heterocycles. The van der Waals surface area contributed by atoms with Gasteiger partial charge in [0.2, 0.25) is 5.91 Å². The summed E-state index contributed by atoms with van der Waals surface area (Å²) in [5, 5.41) is 11.6. The molecule has 4 aromatic rings. The van der Waals surface area contributed by atoms with E-state index in [0.29, 0.717) is 11.0 Å². The van der Waals surface area contributed by atoms with Gasteiger partial charge in [0.25, 0.3) is 0 Å². The van der Waals surface area contributed by atoms with E-state index in [1.54, 1.807) is 18.2 Å². The second kappa shape index (κ2) is 10.3. The van der Waals surface area contributed by atoms with Gasteiger partial charge in [-0.3, -0.25) is 9.36 Å². The molecule has 1 unspecified atom stereocenters. The lowest BCUT2D eigenvalue weighted by Crippen LogP contribution is -2.23. The van der Waals surface area contributed by atoms with Gasteiger partial charge in [-0.2, -0.15) is 0 Å². The molecule has 6 nitrogen and oxygen atoms in total. The fourth-order valence-corrected chi connectivity index (χ4v) is 4.06. The van der Waals surface area contributed by atoms with Crippen molar-refractivity contribution < 1.29 is 13.9 Å². The van der Waals surface area contributed by atoms with Crippen molar-refractivity contribution in [3.05, 3.63) is 96.1 Å². The largest absolute Gasteiger partial charge is 0.483 e. The first-order chi connectivity index (χ1) is 16.0. The molecule has 1 heterocycles. The standard InChI is InChI=1S/C25H23FN4O2S/c1-17-10-6-8-14-21(17)27-24(31)18(2)33-25-29-28-23(30(25)19-11-4-3-5-12-19)16-32-22-15-9-7-13-20(22)26/h3-15,18H,16H2,1-2H3,(H,27,31). The maximum Gasteiger partial charge on any atom is 0.237 e. The van der Waals surface area contributed by atoms with Crippen LogP contribution < -0.4 is 10.1 Å². The zero-order chi connectivity index (χ0) is 23.2. The van der Waals surface area contributed by atoms with Crippen molar-refractivity contribution in [3.63, 3.8) is 0 Å². The highest BCUT2D eigenvalue weighted by atomic mass is 32.2. The predicted octanol–water partition coefficient (Wildman–Crippen LogP) is 5.41. The molecular weight excluding hydrogens is 439 g/mol. The number of ether oxygens (including phenoxy) is 1. The van der Waals surface area contributed by atoms with E-state index in [0.717, 1.165) is 16.9 Å². The fourth-order valence-electron chi connectivity index (χ4n) is 3.17. The Morgan fingerprint density at radius 1 is 1.03 bits per heavy atom. The van der Waals surface area contributed by atoms with Gasteiger partial charge >= 0.3 is 0 Å². The molecule has 4 rings (SSSR count). The Hall–Kier alpha value is -3.65. The zero-order valence-electron chi connectivity index (χ0n) is 18.2. The van der Waals surface area contributed by atoms with Crippen LogP contribution in [0.4, 0.5) is 10.1 Å². The van der Waals surface area contributed by atoms with E-state index in [9.17, 15) is 9.18 Å². The van der Waals surface area contributed by atoms with Crippen molar-refractivity contribution in [1.29, 1.82) is 0 Å². The normalized spacial score (nSPS) is 11.7. The van der Waals surface area contributed by atoms with Crippen molar-refractivity contribution in [2.45, 2.75) is 30.9 Å². The number of halogens is 1. The third-order valence-electron chi connectivity index (χ3n) is 4.96. The van der Waals surface area contributed by atoms with Crippen LogP contribution in [-0.2, 0) is 11.4 Å². The van der Waals surface area contributed by atoms with Crippen molar-refractivity contribution >= 4 is 23.4 Å². The molecular formula is C25H23FN4O2S. The number of hydrogen-bond donors (Lipinski definition) is 1. The smallest absolute Gasteiger partial charge is 0.237 e. The lowest BCUT2D eigenvalue weighted by atomic mass is 10.2. The molecule has 168 valence electrons. The number of rotatable bonds is 8. The summed E-state index contributed by atoms with van der Waals surface area (Å²) in [5.74, 6) is 0.0548. The van der Waals surface area contributed by atoms with Gasteiger partial charge in [-0.25, -0.2) is 4.39 Å². The molecule has 0 saturated carbocycles. The minimum absolute atomic E-state index is 0.0210. The van der Waals surface area contributed by atoms with Crippen LogP contribution in [0, 0.1) is 12.7 Å². The molecule has 1 atom stereocenters. The number of anilines is 1. The number of nitrogens with one attached hydrogen (secondary N) is 1. The van der Waals surface area contributed by atoms with Crippen LogP contribution in [0.1, 0.15) is 18.3 Å². The molecule has 0 bridgehead atoms. The SMILES string of the molecule is Cc1ccccc1NC(=O)C(C)Sc1nnc(COc2ccccc2F)n1-c1ccccc1. The van der Waals surface area contributed by atoms with Crippen molar-refractivity contribution in [1.82, 2.24) is 14.8 Å². The third kappa shape index (κ3) is 5.40. The van der Waals surface area contributed by atoms with Crippen LogP contribution in [0.3, 0.4) is 0 Å². The van der Waals surface area contributed by atoms with Crippen molar-refractivity contribution in [2.24, 2.45) is 0 Å². The number of aryl methyl sites for hydroxylation is 1. The second-order valence-electron chi connectivity index (χ2n) is 7.35. The Morgan fingerprint density at radius 2 is 1.73 bits per heavy atom. The van der Waals surface area contributed by atoms with E-state index in [1.807, 2.05) is 73.0 Å². The highest BCUT2D eigenvalue weighted by Gasteiger charge is 2.22. The first-order valence-corrected chi connectivity index (χ1v) is 11.3. The second-order valence-corrected chi connectivity index (χ2v) is 8.66. The summed E-state index contributed by atoms with van der Waals surface area (Å²) in [7, 11) is 0. The van der Waals surface area contributed by atoms with Gasteiger partial charge in [0.1, 0.15) is 6.61 Å². The Balaban J connectivity index is 1.55. The van der Waals surface area contributed by atoms with E-state index >= 15 is 0 Å². The van der Waals surface area contributed by atoms with Crippen LogP contribution in [0.25, 0.3) is 5.69 Å². The molecule has 0 saturated heterocycles. The number of carbonyl (C=O) groups is 1. The van der Waals surface area contributed by atoms with E-state index < -0.39 is 11.1 Å². The molecule has 0 fully saturated rings. The Bertz CT molecular complexity index is 1250. The molecule has 33 heavy (non-hydrogen) atoms. The van der Waals surface area contributed by atoms with Crippen LogP contribution in [0.15, 0.2) is 84.0 Å². The summed E-state index contributed by atoms with van der Waals surface area (Å²) in [6.07, 6.45) is 0. The number of carbonyl (C=O) groups excluding carboxylic acids is 1. The average Bonchev–Trinajstić information content (AvgIpc) is 3.22. The van der Waals surface area contributed by atoms with Gasteiger partial charge in [-0.15, -0.1) is 10.2 Å². The Labute approximate surface area is 195 Å². The van der Waals surface area contributed by atoms with Crippen LogP contribution >= 0.6 is 11.8 Å². The molecule has 8 heteroatoms. The summed E-state index contributed by atoms with van der Waals surface area (Å²) in [6.45, 7) is 3.78. The van der Waals surface area contributed by atoms with Gasteiger partial charge in [-0.05, 0) is 49.7 Å². The number of hydrogen-bond acceptors (Lipinski definition) is 5. The average molecular weight is 463 g/mol. The number of para-hydroxylation sites is 3.